The van der Waals surface area contributed by atoms with Gasteiger partial charge in [0.05, 0.1) is 5.92 Å². The minimum absolute atomic E-state index is 0.328. The normalized spacial score (nSPS) is 11.9. The van der Waals surface area contributed by atoms with Crippen LogP contribution in [0, 0.1) is 0 Å². The van der Waals surface area contributed by atoms with Gasteiger partial charge < -0.3 is 5.73 Å². The maximum atomic E-state index is 12.0. The average Bonchev–Trinajstić information content (AvgIpc) is 2.67. The number of amides is 1. The van der Waals surface area contributed by atoms with Crippen molar-refractivity contribution >= 4 is 29.1 Å². The fourth-order valence-corrected chi connectivity index (χ4v) is 3.24. The zero-order valence-corrected chi connectivity index (χ0v) is 15.7. The minimum Gasteiger partial charge on any atom is -0.369 e. The van der Waals surface area contributed by atoms with Crippen LogP contribution in [-0.4, -0.2) is 5.91 Å². The lowest BCUT2D eigenvalue weighted by molar-refractivity contribution is -0.119. The summed E-state index contributed by atoms with van der Waals surface area (Å²) in [7, 11) is 0. The van der Waals surface area contributed by atoms with Gasteiger partial charge in [-0.15, -0.1) is 11.6 Å². The molecule has 132 valence electrons. The van der Waals surface area contributed by atoms with Crippen molar-refractivity contribution < 1.29 is 4.79 Å². The Morgan fingerprint density at radius 2 is 1.31 bits per heavy atom. The Bertz CT molecular complexity index is 872. The first-order valence-electron chi connectivity index (χ1n) is 8.36. The first kappa shape index (κ1) is 18.5. The maximum Gasteiger partial charge on any atom is 0.225 e. The number of carbonyl (C=O) groups excluding carboxylic acids is 1. The van der Waals surface area contributed by atoms with E-state index in [1.54, 1.807) is 0 Å². The third-order valence-electron chi connectivity index (χ3n) is 4.45. The summed E-state index contributed by atoms with van der Waals surface area (Å²) < 4.78 is 0. The van der Waals surface area contributed by atoms with E-state index in [1.165, 1.54) is 0 Å². The first-order valence-corrected chi connectivity index (χ1v) is 9.27. The summed E-state index contributed by atoms with van der Waals surface area (Å²) in [4.78, 5) is 12.0. The van der Waals surface area contributed by atoms with E-state index >= 15 is 0 Å². The second-order valence-electron chi connectivity index (χ2n) is 6.24. The molecule has 0 aliphatic carbocycles. The molecular weight excluding hydrogens is 365 g/mol. The lowest BCUT2D eigenvalue weighted by Gasteiger charge is -2.15. The van der Waals surface area contributed by atoms with Gasteiger partial charge in [-0.1, -0.05) is 72.3 Å². The number of rotatable bonds is 6. The van der Waals surface area contributed by atoms with Crippen molar-refractivity contribution in [2.75, 3.05) is 0 Å². The molecule has 3 rings (SSSR count). The zero-order chi connectivity index (χ0) is 18.5. The molecule has 1 unspecified atom stereocenters. The molecular formula is C22H19Cl2NO. The van der Waals surface area contributed by atoms with Gasteiger partial charge in [0, 0.05) is 10.9 Å². The molecule has 2 nitrogen and oxygen atoms in total. The third-order valence-corrected chi connectivity index (χ3v) is 5.01. The predicted molar refractivity (Wildman–Crippen MR) is 109 cm³/mol. The van der Waals surface area contributed by atoms with Gasteiger partial charge in [-0.3, -0.25) is 4.79 Å². The summed E-state index contributed by atoms with van der Waals surface area (Å²) in [5.74, 6) is -0.215. The number of benzene rings is 3. The van der Waals surface area contributed by atoms with Gasteiger partial charge >= 0.3 is 0 Å². The summed E-state index contributed by atoms with van der Waals surface area (Å²) in [5.41, 5.74) is 10.8. The number of alkyl halides is 1. The highest BCUT2D eigenvalue weighted by atomic mass is 35.5. The zero-order valence-electron chi connectivity index (χ0n) is 14.2. The molecule has 0 spiro atoms. The fraction of sp³-hybridized carbons (Fsp3) is 0.136. The Hall–Kier alpha value is -2.29. The van der Waals surface area contributed by atoms with E-state index in [4.69, 9.17) is 28.9 Å². The van der Waals surface area contributed by atoms with Crippen molar-refractivity contribution in [2.24, 2.45) is 5.73 Å². The van der Waals surface area contributed by atoms with E-state index in [2.05, 4.69) is 0 Å². The second kappa shape index (κ2) is 8.39. The van der Waals surface area contributed by atoms with Gasteiger partial charge in [0.15, 0.2) is 0 Å². The molecule has 0 aliphatic heterocycles. The minimum atomic E-state index is -0.365. The number of primary amides is 1. The van der Waals surface area contributed by atoms with Crippen molar-refractivity contribution in [3.8, 4) is 11.1 Å². The molecule has 2 N–H and O–H groups in total. The van der Waals surface area contributed by atoms with E-state index in [0.29, 0.717) is 17.3 Å². The van der Waals surface area contributed by atoms with Crippen LogP contribution in [-0.2, 0) is 17.1 Å². The maximum absolute atomic E-state index is 12.0. The molecule has 0 radical (unpaired) electrons. The Kier molecular flexibility index (Phi) is 5.97. The lowest BCUT2D eigenvalue weighted by atomic mass is 9.90. The lowest BCUT2D eigenvalue weighted by Crippen LogP contribution is -2.23. The summed E-state index contributed by atoms with van der Waals surface area (Å²) in [6.45, 7) is 0. The van der Waals surface area contributed by atoms with Crippen LogP contribution in [0.4, 0.5) is 0 Å². The molecule has 1 atom stereocenters. The molecule has 0 aliphatic rings. The molecule has 26 heavy (non-hydrogen) atoms. The van der Waals surface area contributed by atoms with Gasteiger partial charge in [0.25, 0.3) is 0 Å². The van der Waals surface area contributed by atoms with Crippen LogP contribution in [0.2, 0.25) is 5.02 Å². The highest BCUT2D eigenvalue weighted by molar-refractivity contribution is 6.30. The number of nitrogens with two attached hydrogens (primary N) is 1. The highest BCUT2D eigenvalue weighted by Crippen LogP contribution is 2.26. The third kappa shape index (κ3) is 4.46. The number of hydrogen-bond donors (Lipinski definition) is 1. The topological polar surface area (TPSA) is 43.1 Å². The molecule has 0 aromatic heterocycles. The molecule has 3 aromatic carbocycles. The number of halogens is 2. The van der Waals surface area contributed by atoms with Crippen LogP contribution in [0.15, 0.2) is 72.8 Å². The van der Waals surface area contributed by atoms with Gasteiger partial charge in [-0.05, 0) is 46.4 Å². The van der Waals surface area contributed by atoms with Crippen molar-refractivity contribution in [2.45, 2.75) is 18.2 Å². The van der Waals surface area contributed by atoms with Crippen molar-refractivity contribution in [3.63, 3.8) is 0 Å². The molecule has 0 saturated carbocycles. The van der Waals surface area contributed by atoms with E-state index in [0.717, 1.165) is 27.8 Å². The van der Waals surface area contributed by atoms with E-state index in [-0.39, 0.29) is 11.8 Å². The van der Waals surface area contributed by atoms with Crippen LogP contribution in [0.25, 0.3) is 11.1 Å². The summed E-state index contributed by atoms with van der Waals surface area (Å²) in [6, 6.07) is 23.6. The Morgan fingerprint density at radius 1 is 0.808 bits per heavy atom. The summed E-state index contributed by atoms with van der Waals surface area (Å²) in [6.07, 6.45) is 0.568. The summed E-state index contributed by atoms with van der Waals surface area (Å²) >= 11 is 11.8. The predicted octanol–water partition coefficient (Wildman–Crippen LogP) is 5.56. The highest BCUT2D eigenvalue weighted by Gasteiger charge is 2.18. The molecule has 0 heterocycles. The van der Waals surface area contributed by atoms with Gasteiger partial charge in [-0.2, -0.15) is 0 Å². The van der Waals surface area contributed by atoms with Crippen LogP contribution in [0.1, 0.15) is 22.6 Å². The summed E-state index contributed by atoms with van der Waals surface area (Å²) in [5, 5.41) is 0.708. The molecule has 0 saturated heterocycles. The number of hydrogen-bond acceptors (Lipinski definition) is 1. The standard InChI is InChI=1S/C22H19Cl2NO/c23-14-16-3-1-15(2-4-16)13-21(22(25)26)19-7-5-17(6-8-19)18-9-11-20(24)12-10-18/h1-12,21H,13-14H2,(H2,25,26). The number of carbonyl (C=O) groups is 1. The monoisotopic (exact) mass is 383 g/mol. The quantitative estimate of drug-likeness (QED) is 0.556. The molecule has 1 amide bonds. The van der Waals surface area contributed by atoms with E-state index in [1.807, 2.05) is 72.8 Å². The van der Waals surface area contributed by atoms with Crippen molar-refractivity contribution in [1.82, 2.24) is 0 Å². The molecule has 0 fully saturated rings. The van der Waals surface area contributed by atoms with Gasteiger partial charge in [0.2, 0.25) is 5.91 Å². The van der Waals surface area contributed by atoms with Gasteiger partial charge in [-0.25, -0.2) is 0 Å². The second-order valence-corrected chi connectivity index (χ2v) is 6.94. The van der Waals surface area contributed by atoms with Crippen LogP contribution in [0.5, 0.6) is 0 Å². The van der Waals surface area contributed by atoms with Crippen LogP contribution < -0.4 is 5.73 Å². The molecule has 4 heteroatoms. The SMILES string of the molecule is NC(=O)C(Cc1ccc(CCl)cc1)c1ccc(-c2ccc(Cl)cc2)cc1. The fourth-order valence-electron chi connectivity index (χ4n) is 2.93. The smallest absolute Gasteiger partial charge is 0.225 e. The molecule has 3 aromatic rings. The Labute approximate surface area is 163 Å². The Balaban J connectivity index is 1.81. The largest absolute Gasteiger partial charge is 0.369 e. The Morgan fingerprint density at radius 3 is 1.81 bits per heavy atom. The van der Waals surface area contributed by atoms with Crippen LogP contribution >= 0.6 is 23.2 Å². The molecule has 0 bridgehead atoms. The average molecular weight is 384 g/mol. The van der Waals surface area contributed by atoms with E-state index < -0.39 is 0 Å². The first-order chi connectivity index (χ1) is 12.6. The van der Waals surface area contributed by atoms with Crippen LogP contribution in [0.3, 0.4) is 0 Å². The van der Waals surface area contributed by atoms with E-state index in [9.17, 15) is 4.79 Å². The van der Waals surface area contributed by atoms with Gasteiger partial charge in [0.1, 0.15) is 0 Å². The van der Waals surface area contributed by atoms with Crippen molar-refractivity contribution in [1.29, 1.82) is 0 Å². The van der Waals surface area contributed by atoms with Crippen molar-refractivity contribution in [3.05, 3.63) is 94.5 Å².